The predicted molar refractivity (Wildman–Crippen MR) is 78.4 cm³/mol. The van der Waals surface area contributed by atoms with Gasteiger partial charge >= 0.3 is 0 Å². The van der Waals surface area contributed by atoms with Crippen LogP contribution in [0.2, 0.25) is 0 Å². The van der Waals surface area contributed by atoms with Gasteiger partial charge in [-0.05, 0) is 33.6 Å². The number of nitrogens with zero attached hydrogens (tertiary/aromatic N) is 2. The van der Waals surface area contributed by atoms with Crippen molar-refractivity contribution in [3.8, 4) is 0 Å². The maximum absolute atomic E-state index is 12.2. The van der Waals surface area contributed by atoms with E-state index in [9.17, 15) is 4.79 Å². The minimum atomic E-state index is 0.284. The average molecular weight is 281 g/mol. The molecule has 1 aliphatic rings. The van der Waals surface area contributed by atoms with Gasteiger partial charge in [0.1, 0.15) is 0 Å². The minimum Gasteiger partial charge on any atom is -0.340 e. The highest BCUT2D eigenvalue weighted by molar-refractivity contribution is 7.09. The van der Waals surface area contributed by atoms with Crippen LogP contribution < -0.4 is 5.32 Å². The van der Waals surface area contributed by atoms with E-state index in [4.69, 9.17) is 0 Å². The van der Waals surface area contributed by atoms with Crippen LogP contribution in [-0.4, -0.2) is 41.0 Å². The van der Waals surface area contributed by atoms with Gasteiger partial charge in [0.2, 0.25) is 5.91 Å². The van der Waals surface area contributed by atoms with Gasteiger partial charge in [-0.25, -0.2) is 4.98 Å². The molecule has 0 radical (unpaired) electrons. The Bertz CT molecular complexity index is 422. The molecule has 4 nitrogen and oxygen atoms in total. The van der Waals surface area contributed by atoms with Crippen LogP contribution in [0.5, 0.6) is 0 Å². The van der Waals surface area contributed by atoms with E-state index < -0.39 is 0 Å². The lowest BCUT2D eigenvalue weighted by Gasteiger charge is -2.36. The van der Waals surface area contributed by atoms with Crippen molar-refractivity contribution >= 4 is 17.2 Å². The van der Waals surface area contributed by atoms with Crippen molar-refractivity contribution < 1.29 is 4.79 Å². The first-order valence-corrected chi connectivity index (χ1v) is 7.87. The molecular formula is C14H23N3OS. The predicted octanol–water partition coefficient (Wildman–Crippen LogP) is 1.98. The lowest BCUT2D eigenvalue weighted by molar-refractivity contribution is -0.133. The van der Waals surface area contributed by atoms with Gasteiger partial charge in [0, 0.05) is 37.0 Å². The summed E-state index contributed by atoms with van der Waals surface area (Å²) in [4.78, 5) is 18.6. The van der Waals surface area contributed by atoms with Crippen molar-refractivity contribution in [3.63, 3.8) is 0 Å². The van der Waals surface area contributed by atoms with Crippen molar-refractivity contribution in [2.75, 3.05) is 13.1 Å². The summed E-state index contributed by atoms with van der Waals surface area (Å²) in [6.07, 6.45) is 2.44. The molecule has 0 saturated carbocycles. The summed E-state index contributed by atoms with van der Waals surface area (Å²) in [7, 11) is 0. The SMILES string of the molecule is Cc1nc(CCCC(=O)N2CC(C)NC(C)C2)cs1. The molecular weight excluding hydrogens is 258 g/mol. The Morgan fingerprint density at radius 1 is 1.47 bits per heavy atom. The van der Waals surface area contributed by atoms with Crippen LogP contribution in [0.4, 0.5) is 0 Å². The molecule has 1 aromatic heterocycles. The monoisotopic (exact) mass is 281 g/mol. The Labute approximate surface area is 119 Å². The van der Waals surface area contributed by atoms with Gasteiger partial charge in [-0.2, -0.15) is 0 Å². The number of nitrogens with one attached hydrogen (secondary N) is 1. The molecule has 1 saturated heterocycles. The highest BCUT2D eigenvalue weighted by Crippen LogP contribution is 2.12. The summed E-state index contributed by atoms with van der Waals surface area (Å²) in [5.74, 6) is 0.284. The van der Waals surface area contributed by atoms with E-state index >= 15 is 0 Å². The lowest BCUT2D eigenvalue weighted by atomic mass is 10.1. The molecule has 0 aliphatic carbocycles. The summed E-state index contributed by atoms with van der Waals surface area (Å²) in [5, 5.41) is 6.64. The molecule has 1 N–H and O–H groups in total. The maximum atomic E-state index is 12.2. The molecule has 106 valence electrons. The van der Waals surface area contributed by atoms with E-state index in [2.05, 4.69) is 29.5 Å². The van der Waals surface area contributed by atoms with Crippen LogP contribution >= 0.6 is 11.3 Å². The van der Waals surface area contributed by atoms with E-state index in [0.717, 1.165) is 36.6 Å². The zero-order valence-electron chi connectivity index (χ0n) is 12.0. The standard InChI is InChI=1S/C14H23N3OS/c1-10-7-17(8-11(2)15-10)14(18)6-4-5-13-9-19-12(3)16-13/h9-11,15H,4-8H2,1-3H3. The Balaban J connectivity index is 1.74. The number of rotatable bonds is 4. The normalized spacial score (nSPS) is 23.6. The van der Waals surface area contributed by atoms with E-state index in [-0.39, 0.29) is 5.91 Å². The van der Waals surface area contributed by atoms with Crippen LogP contribution in [0.3, 0.4) is 0 Å². The molecule has 2 rings (SSSR count). The molecule has 2 unspecified atom stereocenters. The Morgan fingerprint density at radius 3 is 2.74 bits per heavy atom. The molecule has 2 atom stereocenters. The number of piperazine rings is 1. The lowest BCUT2D eigenvalue weighted by Crippen LogP contribution is -2.55. The quantitative estimate of drug-likeness (QED) is 0.918. The highest BCUT2D eigenvalue weighted by Gasteiger charge is 2.24. The highest BCUT2D eigenvalue weighted by atomic mass is 32.1. The summed E-state index contributed by atoms with van der Waals surface area (Å²) in [5.41, 5.74) is 1.12. The second-order valence-corrected chi connectivity index (χ2v) is 6.54. The number of aryl methyl sites for hydroxylation is 2. The Morgan fingerprint density at radius 2 is 2.16 bits per heavy atom. The van der Waals surface area contributed by atoms with Crippen molar-refractivity contribution in [2.24, 2.45) is 0 Å². The second kappa shape index (κ2) is 6.48. The first-order chi connectivity index (χ1) is 9.04. The molecule has 0 aromatic carbocycles. The van der Waals surface area contributed by atoms with Crippen LogP contribution in [0.1, 0.15) is 37.4 Å². The van der Waals surface area contributed by atoms with Crippen LogP contribution in [-0.2, 0) is 11.2 Å². The Hall–Kier alpha value is -0.940. The number of aromatic nitrogens is 1. The first-order valence-electron chi connectivity index (χ1n) is 6.99. The van der Waals surface area contributed by atoms with E-state index in [1.807, 2.05) is 11.8 Å². The molecule has 0 bridgehead atoms. The fourth-order valence-electron chi connectivity index (χ4n) is 2.63. The number of hydrogen-bond donors (Lipinski definition) is 1. The summed E-state index contributed by atoms with van der Waals surface area (Å²) >= 11 is 1.68. The molecule has 1 aromatic rings. The van der Waals surface area contributed by atoms with Crippen molar-refractivity contribution in [1.29, 1.82) is 0 Å². The molecule has 1 amide bonds. The van der Waals surface area contributed by atoms with Gasteiger partial charge in [-0.1, -0.05) is 0 Å². The smallest absolute Gasteiger partial charge is 0.222 e. The van der Waals surface area contributed by atoms with Crippen molar-refractivity contribution in [3.05, 3.63) is 16.1 Å². The second-order valence-electron chi connectivity index (χ2n) is 5.48. The van der Waals surface area contributed by atoms with Crippen molar-refractivity contribution in [1.82, 2.24) is 15.2 Å². The zero-order valence-corrected chi connectivity index (χ0v) is 12.8. The van der Waals surface area contributed by atoms with Crippen LogP contribution in [0.15, 0.2) is 5.38 Å². The maximum Gasteiger partial charge on any atom is 0.222 e. The van der Waals surface area contributed by atoms with Gasteiger partial charge in [0.05, 0.1) is 10.7 Å². The van der Waals surface area contributed by atoms with Gasteiger partial charge in [-0.3, -0.25) is 4.79 Å². The fourth-order valence-corrected chi connectivity index (χ4v) is 3.28. The van der Waals surface area contributed by atoms with E-state index in [1.165, 1.54) is 0 Å². The number of amides is 1. The first kappa shape index (κ1) is 14.5. The number of carbonyl (C=O) groups excluding carboxylic acids is 1. The summed E-state index contributed by atoms with van der Waals surface area (Å²) in [6, 6.07) is 0.794. The summed E-state index contributed by atoms with van der Waals surface area (Å²) in [6.45, 7) is 7.95. The molecule has 1 fully saturated rings. The molecule has 0 spiro atoms. The van der Waals surface area contributed by atoms with Gasteiger partial charge in [0.25, 0.3) is 0 Å². The molecule has 19 heavy (non-hydrogen) atoms. The summed E-state index contributed by atoms with van der Waals surface area (Å²) < 4.78 is 0. The fraction of sp³-hybridized carbons (Fsp3) is 0.714. The van der Waals surface area contributed by atoms with Gasteiger partial charge < -0.3 is 10.2 Å². The van der Waals surface area contributed by atoms with Crippen molar-refractivity contribution in [2.45, 2.75) is 52.1 Å². The third-order valence-corrected chi connectivity index (χ3v) is 4.22. The van der Waals surface area contributed by atoms with Gasteiger partial charge in [0.15, 0.2) is 0 Å². The van der Waals surface area contributed by atoms with E-state index in [1.54, 1.807) is 11.3 Å². The van der Waals surface area contributed by atoms with E-state index in [0.29, 0.717) is 18.5 Å². The zero-order chi connectivity index (χ0) is 13.8. The number of hydrogen-bond acceptors (Lipinski definition) is 4. The minimum absolute atomic E-state index is 0.284. The topological polar surface area (TPSA) is 45.2 Å². The number of carbonyl (C=O) groups is 1. The largest absolute Gasteiger partial charge is 0.340 e. The Kier molecular flexibility index (Phi) is 4.93. The average Bonchev–Trinajstić information content (AvgIpc) is 2.73. The van der Waals surface area contributed by atoms with Gasteiger partial charge in [-0.15, -0.1) is 11.3 Å². The molecule has 5 heteroatoms. The molecule has 2 heterocycles. The third kappa shape index (κ3) is 4.28. The van der Waals surface area contributed by atoms with Crippen LogP contribution in [0.25, 0.3) is 0 Å². The third-order valence-electron chi connectivity index (χ3n) is 3.40. The van der Waals surface area contributed by atoms with Crippen LogP contribution in [0, 0.1) is 6.92 Å². The number of thiazole rings is 1. The molecule has 1 aliphatic heterocycles.